The van der Waals surface area contributed by atoms with Crippen LogP contribution in [0.2, 0.25) is 5.02 Å². The van der Waals surface area contributed by atoms with Crippen molar-refractivity contribution in [3.8, 4) is 11.5 Å². The number of hydrogen-bond acceptors (Lipinski definition) is 4. The summed E-state index contributed by atoms with van der Waals surface area (Å²) in [6.07, 6.45) is 2.28. The number of ether oxygens (including phenoxy) is 2. The van der Waals surface area contributed by atoms with Crippen LogP contribution in [0.15, 0.2) is 36.4 Å². The Labute approximate surface area is 188 Å². The first-order valence-electron chi connectivity index (χ1n) is 10.5. The highest BCUT2D eigenvalue weighted by atomic mass is 35.5. The van der Waals surface area contributed by atoms with Gasteiger partial charge in [-0.2, -0.15) is 0 Å². The van der Waals surface area contributed by atoms with Crippen LogP contribution in [0.4, 0.5) is 4.39 Å². The van der Waals surface area contributed by atoms with E-state index >= 15 is 0 Å². The zero-order valence-electron chi connectivity index (χ0n) is 18.4. The molecule has 31 heavy (non-hydrogen) atoms. The lowest BCUT2D eigenvalue weighted by Gasteiger charge is -2.33. The minimum Gasteiger partial charge on any atom is -0.493 e. The lowest BCUT2D eigenvalue weighted by molar-refractivity contribution is -0.135. The van der Waals surface area contributed by atoms with Gasteiger partial charge < -0.3 is 14.4 Å². The summed E-state index contributed by atoms with van der Waals surface area (Å²) in [4.78, 5) is 16.9. The first-order valence-corrected chi connectivity index (χ1v) is 10.9. The Kier molecular flexibility index (Phi) is 8.15. The third kappa shape index (κ3) is 5.89. The maximum atomic E-state index is 14.0. The van der Waals surface area contributed by atoms with E-state index in [0.717, 1.165) is 37.9 Å². The van der Waals surface area contributed by atoms with Gasteiger partial charge in [0.15, 0.2) is 11.5 Å². The topological polar surface area (TPSA) is 42.0 Å². The highest BCUT2D eigenvalue weighted by Gasteiger charge is 2.27. The summed E-state index contributed by atoms with van der Waals surface area (Å²) >= 11 is 6.15. The summed E-state index contributed by atoms with van der Waals surface area (Å²) in [7, 11) is 5.08. The number of likely N-dealkylation sites (N-methyl/N-ethyl adjacent to an activating group) is 1. The molecule has 0 unspecified atom stereocenters. The average molecular weight is 449 g/mol. The summed E-state index contributed by atoms with van der Waals surface area (Å²) in [5, 5.41) is 0.452. The molecule has 0 radical (unpaired) electrons. The van der Waals surface area contributed by atoms with E-state index in [1.165, 1.54) is 6.07 Å². The van der Waals surface area contributed by atoms with Crippen LogP contribution in [0.3, 0.4) is 0 Å². The molecular weight excluding hydrogens is 419 g/mol. The Morgan fingerprint density at radius 1 is 1.16 bits per heavy atom. The van der Waals surface area contributed by atoms with E-state index in [-0.39, 0.29) is 17.6 Å². The summed E-state index contributed by atoms with van der Waals surface area (Å²) < 4.78 is 24.7. The molecule has 0 N–H and O–H groups in total. The molecule has 1 saturated heterocycles. The Morgan fingerprint density at radius 2 is 1.87 bits per heavy atom. The molecule has 7 heteroatoms. The zero-order valence-corrected chi connectivity index (χ0v) is 19.1. The van der Waals surface area contributed by atoms with Crippen molar-refractivity contribution in [2.45, 2.75) is 25.8 Å². The van der Waals surface area contributed by atoms with E-state index in [1.54, 1.807) is 26.4 Å². The molecule has 5 nitrogen and oxygen atoms in total. The number of carbonyl (C=O) groups is 1. The lowest BCUT2D eigenvalue weighted by atomic mass is 9.95. The largest absolute Gasteiger partial charge is 0.493 e. The molecule has 1 heterocycles. The molecule has 0 saturated carbocycles. The third-order valence-electron chi connectivity index (χ3n) is 5.94. The highest BCUT2D eigenvalue weighted by molar-refractivity contribution is 6.31. The van der Waals surface area contributed by atoms with Gasteiger partial charge in [0.05, 0.1) is 14.2 Å². The van der Waals surface area contributed by atoms with Crippen molar-refractivity contribution in [1.29, 1.82) is 0 Å². The first-order chi connectivity index (χ1) is 14.9. The molecule has 0 spiro atoms. The van der Waals surface area contributed by atoms with Gasteiger partial charge in [0.2, 0.25) is 5.91 Å². The summed E-state index contributed by atoms with van der Waals surface area (Å²) in [5.74, 6) is 1.28. The van der Waals surface area contributed by atoms with Crippen LogP contribution in [-0.4, -0.2) is 56.6 Å². The monoisotopic (exact) mass is 448 g/mol. The van der Waals surface area contributed by atoms with Gasteiger partial charge in [-0.05, 0) is 62.2 Å². The van der Waals surface area contributed by atoms with Crippen molar-refractivity contribution in [3.05, 3.63) is 58.4 Å². The number of halogens is 2. The molecule has 2 aromatic carbocycles. The van der Waals surface area contributed by atoms with E-state index in [9.17, 15) is 9.18 Å². The van der Waals surface area contributed by atoms with Gasteiger partial charge in [-0.3, -0.25) is 9.69 Å². The van der Waals surface area contributed by atoms with Crippen LogP contribution in [-0.2, 0) is 17.8 Å². The molecule has 3 rings (SSSR count). The number of rotatable bonds is 8. The Bertz CT molecular complexity index is 880. The smallest absolute Gasteiger partial charge is 0.225 e. The van der Waals surface area contributed by atoms with Gasteiger partial charge in [-0.1, -0.05) is 23.7 Å². The van der Waals surface area contributed by atoms with Crippen molar-refractivity contribution in [2.24, 2.45) is 5.92 Å². The fourth-order valence-electron chi connectivity index (χ4n) is 4.00. The van der Waals surface area contributed by atoms with E-state index in [0.29, 0.717) is 35.2 Å². The highest BCUT2D eigenvalue weighted by Crippen LogP contribution is 2.28. The molecule has 0 atom stereocenters. The number of piperidine rings is 1. The number of methoxy groups -OCH3 is 2. The maximum absolute atomic E-state index is 14.0. The van der Waals surface area contributed by atoms with Crippen LogP contribution in [0, 0.1) is 11.7 Å². The average Bonchev–Trinajstić information content (AvgIpc) is 2.79. The van der Waals surface area contributed by atoms with Gasteiger partial charge in [0, 0.05) is 36.6 Å². The van der Waals surface area contributed by atoms with Gasteiger partial charge in [-0.15, -0.1) is 0 Å². The van der Waals surface area contributed by atoms with E-state index in [1.807, 2.05) is 30.1 Å². The SMILES string of the molecule is COc1ccc(CCN(C)C(=O)C2CCN(Cc3c(F)cccc3Cl)CC2)cc1OC. The summed E-state index contributed by atoms with van der Waals surface area (Å²) in [5.41, 5.74) is 1.62. The number of hydrogen-bond donors (Lipinski definition) is 0. The second kappa shape index (κ2) is 10.8. The third-order valence-corrected chi connectivity index (χ3v) is 6.29. The minimum atomic E-state index is -0.277. The summed E-state index contributed by atoms with van der Waals surface area (Å²) in [6, 6.07) is 10.6. The number of amides is 1. The minimum absolute atomic E-state index is 0.00254. The van der Waals surface area contributed by atoms with Crippen LogP contribution in [0.1, 0.15) is 24.0 Å². The van der Waals surface area contributed by atoms with Gasteiger partial charge in [0.25, 0.3) is 0 Å². The van der Waals surface area contributed by atoms with Crippen LogP contribution in [0.5, 0.6) is 11.5 Å². The number of likely N-dealkylation sites (tertiary alicyclic amines) is 1. The Morgan fingerprint density at radius 3 is 2.52 bits per heavy atom. The number of carbonyl (C=O) groups excluding carboxylic acids is 1. The van der Waals surface area contributed by atoms with Gasteiger partial charge >= 0.3 is 0 Å². The molecule has 2 aromatic rings. The molecule has 0 bridgehead atoms. The fourth-order valence-corrected chi connectivity index (χ4v) is 4.22. The van der Waals surface area contributed by atoms with Crippen molar-refractivity contribution in [2.75, 3.05) is 40.9 Å². The van der Waals surface area contributed by atoms with Crippen LogP contribution in [0.25, 0.3) is 0 Å². The van der Waals surface area contributed by atoms with E-state index in [2.05, 4.69) is 4.90 Å². The van der Waals surface area contributed by atoms with Crippen LogP contribution >= 0.6 is 11.6 Å². The van der Waals surface area contributed by atoms with Crippen molar-refractivity contribution in [3.63, 3.8) is 0 Å². The Balaban J connectivity index is 1.49. The molecule has 1 aliphatic heterocycles. The van der Waals surface area contributed by atoms with Crippen molar-refractivity contribution >= 4 is 17.5 Å². The molecule has 1 amide bonds. The second-order valence-corrected chi connectivity index (χ2v) is 8.36. The molecule has 0 aromatic heterocycles. The van der Waals surface area contributed by atoms with Gasteiger partial charge in [0.1, 0.15) is 5.82 Å². The first kappa shape index (κ1) is 23.4. The number of benzene rings is 2. The van der Waals surface area contributed by atoms with Crippen molar-refractivity contribution in [1.82, 2.24) is 9.80 Å². The fraction of sp³-hybridized carbons (Fsp3) is 0.458. The quantitative estimate of drug-likeness (QED) is 0.600. The summed E-state index contributed by atoms with van der Waals surface area (Å²) in [6.45, 7) is 2.62. The predicted molar refractivity (Wildman–Crippen MR) is 120 cm³/mol. The molecule has 1 aliphatic rings. The molecule has 168 valence electrons. The lowest BCUT2D eigenvalue weighted by Crippen LogP contribution is -2.41. The van der Waals surface area contributed by atoms with E-state index in [4.69, 9.17) is 21.1 Å². The molecule has 0 aliphatic carbocycles. The second-order valence-electron chi connectivity index (χ2n) is 7.95. The normalized spacial score (nSPS) is 15.0. The molecular formula is C24H30ClFN2O3. The van der Waals surface area contributed by atoms with Crippen LogP contribution < -0.4 is 9.47 Å². The predicted octanol–water partition coefficient (Wildman–Crippen LogP) is 4.41. The standard InChI is InChI=1S/C24H30ClFN2O3/c1-27(12-9-17-7-8-22(30-2)23(15-17)31-3)24(29)18-10-13-28(14-11-18)16-19-20(25)5-4-6-21(19)26/h4-8,15,18H,9-14,16H2,1-3H3. The number of nitrogens with zero attached hydrogens (tertiary/aromatic N) is 2. The van der Waals surface area contributed by atoms with E-state index < -0.39 is 0 Å². The Hall–Kier alpha value is -2.31. The molecule has 1 fully saturated rings. The van der Waals surface area contributed by atoms with Gasteiger partial charge in [-0.25, -0.2) is 4.39 Å². The van der Waals surface area contributed by atoms with Crippen molar-refractivity contribution < 1.29 is 18.7 Å². The maximum Gasteiger partial charge on any atom is 0.225 e. The zero-order chi connectivity index (χ0) is 22.4.